The van der Waals surface area contributed by atoms with Crippen LogP contribution < -0.4 is 5.32 Å². The van der Waals surface area contributed by atoms with E-state index >= 15 is 0 Å². The molecule has 0 spiro atoms. The third-order valence-electron chi connectivity index (χ3n) is 19.7. The maximum atomic E-state index is 14.8. The van der Waals surface area contributed by atoms with E-state index in [4.69, 9.17) is 28.4 Å². The number of carbonyl (C=O) groups excluding carboxylic acids is 3. The topological polar surface area (TPSA) is 250 Å². The standard InChI is InChI=1S/C54H78N4O14/c1-29(59)55-40-43(63)42(62)36(28-69-47-44(64)41(61)35(60)27-68-47)71-46(40)72-39-17-18-51(6)37(50(39,4)5)16-19-53(8)38(51)15-14-32-33-24-49(2,3)20-22-54(33,23-21-52(32,53)7)48(66)70-26-30-25-58(57-56-30)34-13-11-10-12-31(34)45(65)67-9/h10-14,25,33,35-44,46-47,60-64H,15-24,26-28H2,1-9H3,(H,55,59)/t33-,35-,36+,37-,38+,39-,40+,41-,42+,43+,44-,46-,47-,51-,52+,53+,54-/m0/s1. The number of benzene rings is 1. The molecule has 17 atom stereocenters. The van der Waals surface area contributed by atoms with Crippen molar-refractivity contribution >= 4 is 17.8 Å². The molecule has 6 N–H and O–H groups in total. The lowest BCUT2D eigenvalue weighted by Gasteiger charge is -2.71. The highest BCUT2D eigenvalue weighted by molar-refractivity contribution is 5.93. The molecule has 1 amide bonds. The zero-order valence-corrected chi connectivity index (χ0v) is 43.4. The highest BCUT2D eigenvalue weighted by Crippen LogP contribution is 2.76. The highest BCUT2D eigenvalue weighted by atomic mass is 16.7. The van der Waals surface area contributed by atoms with E-state index in [2.05, 4.69) is 70.2 Å². The van der Waals surface area contributed by atoms with Crippen molar-refractivity contribution < 1.29 is 68.3 Å². The Kier molecular flexibility index (Phi) is 14.3. The molecule has 7 aliphatic rings. The van der Waals surface area contributed by atoms with Gasteiger partial charge in [-0.05, 0) is 121 Å². The second kappa shape index (κ2) is 19.4. The Morgan fingerprint density at radius 3 is 2.33 bits per heavy atom. The van der Waals surface area contributed by atoms with Crippen LogP contribution >= 0.6 is 0 Å². The number of allylic oxidation sites excluding steroid dienone is 2. The van der Waals surface area contributed by atoms with Crippen LogP contribution in [-0.4, -0.2) is 140 Å². The molecule has 398 valence electrons. The number of amides is 1. The monoisotopic (exact) mass is 1010 g/mol. The molecule has 4 saturated carbocycles. The van der Waals surface area contributed by atoms with Crippen LogP contribution in [0.5, 0.6) is 0 Å². The first kappa shape index (κ1) is 53.0. The summed E-state index contributed by atoms with van der Waals surface area (Å²) in [5.74, 6) is -0.496. The average Bonchev–Trinajstić information content (AvgIpc) is 3.82. The summed E-state index contributed by atoms with van der Waals surface area (Å²) in [5.41, 5.74) is 1.43. The smallest absolute Gasteiger partial charge is 0.340 e. The lowest BCUT2D eigenvalue weighted by atomic mass is 9.33. The largest absolute Gasteiger partial charge is 0.465 e. The van der Waals surface area contributed by atoms with Gasteiger partial charge in [0.15, 0.2) is 12.6 Å². The van der Waals surface area contributed by atoms with Gasteiger partial charge in [-0.3, -0.25) is 9.59 Å². The van der Waals surface area contributed by atoms with Crippen molar-refractivity contribution in [3.05, 3.63) is 53.4 Å². The number of aromatic nitrogens is 3. The number of fused-ring (bicyclic) bond motifs is 7. The number of aliphatic hydroxyl groups excluding tert-OH is 5. The molecule has 6 fully saturated rings. The van der Waals surface area contributed by atoms with Gasteiger partial charge in [-0.25, -0.2) is 9.48 Å². The molecule has 3 heterocycles. The summed E-state index contributed by atoms with van der Waals surface area (Å²) in [6.07, 6.45) is 1.45. The van der Waals surface area contributed by atoms with Gasteiger partial charge in [0.1, 0.15) is 55.0 Å². The zero-order chi connectivity index (χ0) is 51.9. The number of hydrogen-bond acceptors (Lipinski definition) is 16. The van der Waals surface area contributed by atoms with E-state index < -0.39 is 72.5 Å². The Morgan fingerprint density at radius 2 is 1.60 bits per heavy atom. The number of para-hydroxylation sites is 1. The third kappa shape index (κ3) is 8.85. The first-order chi connectivity index (χ1) is 33.9. The fourth-order valence-corrected chi connectivity index (χ4v) is 15.4. The number of aliphatic hydroxyl groups is 5. The summed E-state index contributed by atoms with van der Waals surface area (Å²) in [6, 6.07) is 5.89. The summed E-state index contributed by atoms with van der Waals surface area (Å²) in [6.45, 7) is 17.3. The van der Waals surface area contributed by atoms with E-state index in [0.29, 0.717) is 29.3 Å². The van der Waals surface area contributed by atoms with Crippen molar-refractivity contribution in [3.63, 3.8) is 0 Å². The van der Waals surface area contributed by atoms with Gasteiger partial charge >= 0.3 is 11.9 Å². The normalized spacial score (nSPS) is 42.1. The van der Waals surface area contributed by atoms with Crippen LogP contribution in [0.15, 0.2) is 42.1 Å². The van der Waals surface area contributed by atoms with Gasteiger partial charge < -0.3 is 59.3 Å². The minimum absolute atomic E-state index is 0.0221. The van der Waals surface area contributed by atoms with Gasteiger partial charge in [-0.15, -0.1) is 5.10 Å². The van der Waals surface area contributed by atoms with Crippen molar-refractivity contribution in [2.24, 2.45) is 50.2 Å². The van der Waals surface area contributed by atoms with Crippen LogP contribution in [-0.2, 0) is 44.6 Å². The Morgan fingerprint density at radius 1 is 0.861 bits per heavy atom. The second-order valence-corrected chi connectivity index (χ2v) is 24.4. The average molecular weight is 1010 g/mol. The van der Waals surface area contributed by atoms with E-state index in [-0.39, 0.29) is 70.8 Å². The van der Waals surface area contributed by atoms with Gasteiger partial charge in [-0.1, -0.05) is 77.5 Å². The zero-order valence-electron chi connectivity index (χ0n) is 43.4. The fourth-order valence-electron chi connectivity index (χ4n) is 15.4. The molecule has 1 aromatic heterocycles. The van der Waals surface area contributed by atoms with Crippen LogP contribution in [0, 0.1) is 50.2 Å². The number of nitrogens with zero attached hydrogens (tertiary/aromatic N) is 3. The number of rotatable bonds is 11. The molecule has 0 bridgehead atoms. The lowest BCUT2D eigenvalue weighted by molar-refractivity contribution is -0.322. The van der Waals surface area contributed by atoms with E-state index in [1.165, 1.54) is 24.3 Å². The Bertz CT molecular complexity index is 2390. The number of carbonyl (C=O) groups is 3. The van der Waals surface area contributed by atoms with Gasteiger partial charge in [0.25, 0.3) is 0 Å². The molecule has 1 aromatic carbocycles. The van der Waals surface area contributed by atoms with Crippen molar-refractivity contribution in [2.75, 3.05) is 20.3 Å². The highest BCUT2D eigenvalue weighted by Gasteiger charge is 2.70. The predicted molar refractivity (Wildman–Crippen MR) is 258 cm³/mol. The summed E-state index contributed by atoms with van der Waals surface area (Å²) >= 11 is 0. The summed E-state index contributed by atoms with van der Waals surface area (Å²) in [4.78, 5) is 39.8. The third-order valence-corrected chi connectivity index (χ3v) is 19.7. The van der Waals surface area contributed by atoms with Crippen molar-refractivity contribution in [2.45, 2.75) is 188 Å². The van der Waals surface area contributed by atoms with Crippen LogP contribution in [0.2, 0.25) is 0 Å². The molecule has 72 heavy (non-hydrogen) atoms. The minimum Gasteiger partial charge on any atom is -0.465 e. The number of ether oxygens (including phenoxy) is 6. The predicted octanol–water partition coefficient (Wildman–Crippen LogP) is 4.69. The van der Waals surface area contributed by atoms with E-state index in [1.807, 2.05) is 0 Å². The minimum atomic E-state index is -1.56. The Balaban J connectivity index is 0.925. The number of methoxy groups -OCH3 is 1. The maximum absolute atomic E-state index is 14.8. The molecule has 5 aliphatic carbocycles. The first-order valence-electron chi connectivity index (χ1n) is 26.1. The molecular formula is C54H78N4O14. The fraction of sp³-hybridized carbons (Fsp3) is 0.759. The Labute approximate surface area is 422 Å². The second-order valence-electron chi connectivity index (χ2n) is 24.4. The van der Waals surface area contributed by atoms with Crippen molar-refractivity contribution in [1.82, 2.24) is 20.3 Å². The molecular weight excluding hydrogens is 929 g/mol. The van der Waals surface area contributed by atoms with Gasteiger partial charge in [0.05, 0.1) is 49.3 Å². The Hall–Kier alpha value is -3.85. The molecule has 2 aromatic rings. The van der Waals surface area contributed by atoms with E-state index in [1.54, 1.807) is 30.5 Å². The molecule has 0 unspecified atom stereocenters. The van der Waals surface area contributed by atoms with Gasteiger partial charge in [0.2, 0.25) is 5.91 Å². The van der Waals surface area contributed by atoms with E-state index in [0.717, 1.165) is 57.8 Å². The van der Waals surface area contributed by atoms with Crippen LogP contribution in [0.25, 0.3) is 5.69 Å². The summed E-state index contributed by atoms with van der Waals surface area (Å²) in [7, 11) is 1.33. The molecule has 9 rings (SSSR count). The van der Waals surface area contributed by atoms with Crippen molar-refractivity contribution in [1.29, 1.82) is 0 Å². The molecule has 2 aliphatic heterocycles. The van der Waals surface area contributed by atoms with Crippen LogP contribution in [0.4, 0.5) is 0 Å². The quantitative estimate of drug-likeness (QED) is 0.102. The lowest BCUT2D eigenvalue weighted by Crippen LogP contribution is -2.67. The van der Waals surface area contributed by atoms with Crippen molar-refractivity contribution in [3.8, 4) is 5.69 Å². The summed E-state index contributed by atoms with van der Waals surface area (Å²) in [5, 5.41) is 64.6. The molecule has 0 radical (unpaired) electrons. The van der Waals surface area contributed by atoms with Crippen LogP contribution in [0.1, 0.15) is 136 Å². The molecule has 18 nitrogen and oxygen atoms in total. The summed E-state index contributed by atoms with van der Waals surface area (Å²) < 4.78 is 37.2. The van der Waals surface area contributed by atoms with Gasteiger partial charge in [0, 0.05) is 6.92 Å². The number of esters is 2. The molecule has 2 saturated heterocycles. The van der Waals surface area contributed by atoms with Gasteiger partial charge in [-0.2, -0.15) is 0 Å². The number of nitrogens with one attached hydrogen (secondary N) is 1. The first-order valence-corrected chi connectivity index (χ1v) is 26.1. The molecule has 18 heteroatoms. The van der Waals surface area contributed by atoms with E-state index in [9.17, 15) is 39.9 Å². The maximum Gasteiger partial charge on any atom is 0.340 e. The van der Waals surface area contributed by atoms with Crippen LogP contribution in [0.3, 0.4) is 0 Å². The number of hydrogen-bond donors (Lipinski definition) is 6. The SMILES string of the molecule is COC(=O)c1ccccc1-n1cc(COC(=O)[C@]23CCC(C)(C)C[C@H]2C2=CC[C@@H]4[C@@]5(C)CC[C@H](O[C@@H]6O[C@H](CO[C@@H]7OC[C@H](O)[C@H](O)[C@@H]7O)[C@@H](O)[C@H](O)[C@H]6NC(C)=O)C(C)(C)[C@@H]5CC[C@@]4(C)[C@]2(C)CC3)nn1.